The molecule has 1 aromatic carbocycles. The van der Waals surface area contributed by atoms with Crippen LogP contribution in [0.3, 0.4) is 0 Å². The van der Waals surface area contributed by atoms with Gasteiger partial charge in [-0.1, -0.05) is 42.1 Å². The number of nitriles is 1. The number of carbonyl (C=O) groups excluding carboxylic acids is 1. The molecule has 0 spiro atoms. The molecule has 0 saturated heterocycles. The molecule has 1 aromatic heterocycles. The van der Waals surface area contributed by atoms with Crippen LogP contribution in [0.4, 0.5) is 0 Å². The molecule has 0 aliphatic heterocycles. The van der Waals surface area contributed by atoms with Gasteiger partial charge in [-0.25, -0.2) is 4.98 Å². The van der Waals surface area contributed by atoms with Crippen LogP contribution in [0.1, 0.15) is 22.4 Å². The van der Waals surface area contributed by atoms with Gasteiger partial charge in [0.2, 0.25) is 5.91 Å². The minimum atomic E-state index is -0.0456. The van der Waals surface area contributed by atoms with Crippen LogP contribution in [0.5, 0.6) is 0 Å². The summed E-state index contributed by atoms with van der Waals surface area (Å²) in [6.07, 6.45) is 0.808. The number of rotatable bonds is 6. The summed E-state index contributed by atoms with van der Waals surface area (Å²) < 4.78 is 0. The van der Waals surface area contributed by atoms with Gasteiger partial charge in [0.25, 0.3) is 0 Å². The number of nitrogens with zero attached hydrogens (tertiary/aromatic N) is 2. The van der Waals surface area contributed by atoms with E-state index in [1.54, 1.807) is 0 Å². The zero-order chi connectivity index (χ0) is 16.7. The van der Waals surface area contributed by atoms with Gasteiger partial charge in [0, 0.05) is 12.2 Å². The number of thioether (sulfide) groups is 1. The number of aromatic nitrogens is 1. The van der Waals surface area contributed by atoms with Crippen molar-refractivity contribution in [2.45, 2.75) is 25.3 Å². The van der Waals surface area contributed by atoms with Gasteiger partial charge in [-0.05, 0) is 37.5 Å². The van der Waals surface area contributed by atoms with E-state index in [4.69, 9.17) is 0 Å². The molecular formula is C18H19N3OS. The van der Waals surface area contributed by atoms with Crippen LogP contribution in [0.25, 0.3) is 0 Å². The molecule has 2 aromatic rings. The number of hydrogen-bond acceptors (Lipinski definition) is 4. The van der Waals surface area contributed by atoms with E-state index in [9.17, 15) is 10.1 Å². The average molecular weight is 325 g/mol. The highest BCUT2D eigenvalue weighted by Crippen LogP contribution is 2.23. The lowest BCUT2D eigenvalue weighted by Crippen LogP contribution is -2.27. The largest absolute Gasteiger partial charge is 0.355 e. The molecule has 1 amide bonds. The zero-order valence-corrected chi connectivity index (χ0v) is 14.1. The van der Waals surface area contributed by atoms with Crippen molar-refractivity contribution < 1.29 is 4.79 Å². The number of carbonyl (C=O) groups is 1. The van der Waals surface area contributed by atoms with E-state index in [1.165, 1.54) is 17.3 Å². The Hall–Kier alpha value is -2.32. The Labute approximate surface area is 140 Å². The highest BCUT2D eigenvalue weighted by atomic mass is 32.2. The summed E-state index contributed by atoms with van der Waals surface area (Å²) in [5.74, 6) is 0.218. The summed E-state index contributed by atoms with van der Waals surface area (Å²) in [4.78, 5) is 16.3. The fourth-order valence-corrected chi connectivity index (χ4v) is 3.15. The first kappa shape index (κ1) is 17.0. The van der Waals surface area contributed by atoms with Crippen LogP contribution in [0, 0.1) is 25.2 Å². The van der Waals surface area contributed by atoms with Crippen molar-refractivity contribution in [3.05, 3.63) is 58.8 Å². The van der Waals surface area contributed by atoms with Crippen molar-refractivity contribution in [1.82, 2.24) is 10.3 Å². The summed E-state index contributed by atoms with van der Waals surface area (Å²) in [7, 11) is 0. The monoisotopic (exact) mass is 325 g/mol. The molecule has 118 valence electrons. The lowest BCUT2D eigenvalue weighted by molar-refractivity contribution is -0.118. The molecule has 1 heterocycles. The molecule has 23 heavy (non-hydrogen) atoms. The number of aryl methyl sites for hydroxylation is 2. The Kier molecular flexibility index (Phi) is 6.19. The molecule has 0 unspecified atom stereocenters. The van der Waals surface area contributed by atoms with Gasteiger partial charge in [-0.15, -0.1) is 0 Å². The number of nitrogens with one attached hydrogen (secondary N) is 1. The molecule has 0 radical (unpaired) electrons. The smallest absolute Gasteiger partial charge is 0.230 e. The van der Waals surface area contributed by atoms with E-state index >= 15 is 0 Å². The maximum absolute atomic E-state index is 11.9. The Bertz CT molecular complexity index is 723. The van der Waals surface area contributed by atoms with Crippen LogP contribution in [0.2, 0.25) is 0 Å². The predicted octanol–water partition coefficient (Wildman–Crippen LogP) is 3.02. The standard InChI is InChI=1S/C18H19N3OS/c1-13-10-14(2)21-18(16(13)11-19)23-12-17(22)20-9-8-15-6-4-3-5-7-15/h3-7,10H,8-9,12H2,1-2H3,(H,20,22). The maximum Gasteiger partial charge on any atom is 0.230 e. The first-order valence-corrected chi connectivity index (χ1v) is 8.40. The number of benzene rings is 1. The summed E-state index contributed by atoms with van der Waals surface area (Å²) in [6, 6.07) is 14.1. The van der Waals surface area contributed by atoms with Crippen molar-refractivity contribution in [3.8, 4) is 6.07 Å². The summed E-state index contributed by atoms with van der Waals surface area (Å²) in [6.45, 7) is 4.38. The number of amides is 1. The molecule has 0 aliphatic rings. The Morgan fingerprint density at radius 2 is 2.04 bits per heavy atom. The van der Waals surface area contributed by atoms with Gasteiger partial charge >= 0.3 is 0 Å². The summed E-state index contributed by atoms with van der Waals surface area (Å²) in [5.41, 5.74) is 3.50. The molecule has 0 atom stereocenters. The van der Waals surface area contributed by atoms with Gasteiger partial charge in [-0.2, -0.15) is 5.26 Å². The van der Waals surface area contributed by atoms with Crippen LogP contribution in [-0.2, 0) is 11.2 Å². The van der Waals surface area contributed by atoms with Gasteiger partial charge in [-0.3, -0.25) is 4.79 Å². The fraction of sp³-hybridized carbons (Fsp3) is 0.278. The highest BCUT2D eigenvalue weighted by molar-refractivity contribution is 8.00. The van der Waals surface area contributed by atoms with Gasteiger partial charge in [0.05, 0.1) is 11.3 Å². The van der Waals surface area contributed by atoms with Crippen molar-refractivity contribution in [3.63, 3.8) is 0 Å². The number of hydrogen-bond donors (Lipinski definition) is 1. The molecule has 2 rings (SSSR count). The van der Waals surface area contributed by atoms with E-state index in [0.29, 0.717) is 17.1 Å². The van der Waals surface area contributed by atoms with Crippen molar-refractivity contribution in [2.24, 2.45) is 0 Å². The van der Waals surface area contributed by atoms with E-state index < -0.39 is 0 Å². The lowest BCUT2D eigenvalue weighted by Gasteiger charge is -2.08. The van der Waals surface area contributed by atoms with Crippen molar-refractivity contribution >= 4 is 17.7 Å². The van der Waals surface area contributed by atoms with Crippen LogP contribution in [-0.4, -0.2) is 23.2 Å². The van der Waals surface area contributed by atoms with E-state index in [0.717, 1.165) is 17.7 Å². The molecular weight excluding hydrogens is 306 g/mol. The van der Waals surface area contributed by atoms with Crippen LogP contribution >= 0.6 is 11.8 Å². The van der Waals surface area contributed by atoms with Gasteiger partial charge in [0.15, 0.2) is 0 Å². The Balaban J connectivity index is 1.84. The second-order valence-corrected chi connectivity index (χ2v) is 6.21. The molecule has 0 aliphatic carbocycles. The van der Waals surface area contributed by atoms with Crippen molar-refractivity contribution in [1.29, 1.82) is 5.26 Å². The second-order valence-electron chi connectivity index (χ2n) is 5.25. The van der Waals surface area contributed by atoms with Crippen LogP contribution in [0.15, 0.2) is 41.4 Å². The minimum absolute atomic E-state index is 0.0456. The quantitative estimate of drug-likeness (QED) is 0.829. The molecule has 0 bridgehead atoms. The second kappa shape index (κ2) is 8.35. The van der Waals surface area contributed by atoms with Crippen LogP contribution < -0.4 is 5.32 Å². The normalized spacial score (nSPS) is 10.1. The first-order valence-electron chi connectivity index (χ1n) is 7.42. The predicted molar refractivity (Wildman–Crippen MR) is 92.3 cm³/mol. The molecule has 0 saturated carbocycles. The molecule has 0 fully saturated rings. The topological polar surface area (TPSA) is 65.8 Å². The maximum atomic E-state index is 11.9. The third-order valence-electron chi connectivity index (χ3n) is 3.34. The highest BCUT2D eigenvalue weighted by Gasteiger charge is 2.11. The number of pyridine rings is 1. The fourth-order valence-electron chi connectivity index (χ4n) is 2.22. The Morgan fingerprint density at radius 3 is 2.74 bits per heavy atom. The third kappa shape index (κ3) is 5.11. The van der Waals surface area contributed by atoms with E-state index in [-0.39, 0.29) is 11.7 Å². The van der Waals surface area contributed by atoms with Crippen molar-refractivity contribution in [2.75, 3.05) is 12.3 Å². The Morgan fingerprint density at radius 1 is 1.30 bits per heavy atom. The SMILES string of the molecule is Cc1cc(C)c(C#N)c(SCC(=O)NCCc2ccccc2)n1. The lowest BCUT2D eigenvalue weighted by atomic mass is 10.1. The molecule has 4 nitrogen and oxygen atoms in total. The summed E-state index contributed by atoms with van der Waals surface area (Å²) >= 11 is 1.31. The summed E-state index contributed by atoms with van der Waals surface area (Å²) in [5, 5.41) is 12.7. The third-order valence-corrected chi connectivity index (χ3v) is 4.32. The molecule has 1 N–H and O–H groups in total. The average Bonchev–Trinajstić information content (AvgIpc) is 2.53. The molecule has 5 heteroatoms. The van der Waals surface area contributed by atoms with E-state index in [1.807, 2.05) is 50.2 Å². The minimum Gasteiger partial charge on any atom is -0.355 e. The van der Waals surface area contributed by atoms with Gasteiger partial charge in [0.1, 0.15) is 11.1 Å². The first-order chi connectivity index (χ1) is 11.1. The van der Waals surface area contributed by atoms with Gasteiger partial charge < -0.3 is 5.32 Å². The zero-order valence-electron chi connectivity index (χ0n) is 13.3. The van der Waals surface area contributed by atoms with E-state index in [2.05, 4.69) is 16.4 Å².